The Hall–Kier alpha value is 1.62. The van der Waals surface area contributed by atoms with Crippen LogP contribution in [0.25, 0.3) is 0 Å². The molecule has 0 saturated carbocycles. The zero-order valence-corrected chi connectivity index (χ0v) is 11.6. The number of hydrogen-bond acceptors (Lipinski definition) is 5. The summed E-state index contributed by atoms with van der Waals surface area (Å²) in [6.45, 7) is 1.31. The molecule has 11 heavy (non-hydrogen) atoms. The second kappa shape index (κ2) is 8.23. The first-order valence-electron chi connectivity index (χ1n) is 2.18. The molecule has 0 unspecified atom stereocenters. The number of carbonyl (C=O) groups is 1. The summed E-state index contributed by atoms with van der Waals surface area (Å²) < 4.78 is 13.6. The van der Waals surface area contributed by atoms with Crippen LogP contribution in [0.3, 0.4) is 0 Å². The van der Waals surface area contributed by atoms with Crippen molar-refractivity contribution in [3.8, 4) is 0 Å². The van der Waals surface area contributed by atoms with E-state index in [1.165, 1.54) is 6.92 Å². The van der Waals surface area contributed by atoms with Crippen molar-refractivity contribution in [1.29, 1.82) is 0 Å². The first-order chi connectivity index (χ1) is 3.98. The molecule has 0 aliphatic heterocycles. The SMILES string of the molecule is CCOC(=O)P(=O)([O-])[O-].[Na+].[Na+]. The maximum Gasteiger partial charge on any atom is 1.00 e. The minimum Gasteiger partial charge on any atom is -0.803 e. The molecule has 5 nitrogen and oxygen atoms in total. The van der Waals surface area contributed by atoms with Gasteiger partial charge in [-0.15, -0.1) is 0 Å². The van der Waals surface area contributed by atoms with Crippen LogP contribution >= 0.6 is 7.60 Å². The van der Waals surface area contributed by atoms with Crippen LogP contribution in [0.2, 0.25) is 0 Å². The van der Waals surface area contributed by atoms with E-state index in [4.69, 9.17) is 0 Å². The average Bonchev–Trinajstić information content (AvgIpc) is 1.64. The fourth-order valence-corrected chi connectivity index (χ4v) is 0.490. The van der Waals surface area contributed by atoms with Crippen molar-refractivity contribution in [3.63, 3.8) is 0 Å². The van der Waals surface area contributed by atoms with Crippen LogP contribution in [-0.2, 0) is 9.30 Å². The largest absolute Gasteiger partial charge is 1.00 e. The van der Waals surface area contributed by atoms with Crippen LogP contribution in [0.15, 0.2) is 0 Å². The Balaban J connectivity index is -0.000000320. The van der Waals surface area contributed by atoms with E-state index in [0.717, 1.165) is 0 Å². The van der Waals surface area contributed by atoms with Crippen molar-refractivity contribution in [2.75, 3.05) is 6.61 Å². The molecule has 0 rings (SSSR count). The molecule has 0 aromatic rings. The van der Waals surface area contributed by atoms with E-state index >= 15 is 0 Å². The molecule has 0 saturated heterocycles. The fourth-order valence-electron chi connectivity index (χ4n) is 0.203. The van der Waals surface area contributed by atoms with Crippen molar-refractivity contribution >= 4 is 13.3 Å². The summed E-state index contributed by atoms with van der Waals surface area (Å²) >= 11 is 0. The minimum absolute atomic E-state index is 0. The van der Waals surface area contributed by atoms with Crippen LogP contribution in [0.1, 0.15) is 6.92 Å². The maximum absolute atomic E-state index is 9.95. The molecule has 0 N–H and O–H groups in total. The van der Waals surface area contributed by atoms with Crippen molar-refractivity contribution in [2.24, 2.45) is 0 Å². The first kappa shape index (κ1) is 18.4. The van der Waals surface area contributed by atoms with E-state index in [2.05, 4.69) is 4.74 Å². The van der Waals surface area contributed by atoms with E-state index in [0.29, 0.717) is 0 Å². The van der Waals surface area contributed by atoms with Gasteiger partial charge < -0.3 is 19.1 Å². The molecule has 0 aromatic carbocycles. The van der Waals surface area contributed by atoms with Crippen LogP contribution in [0.4, 0.5) is 4.79 Å². The van der Waals surface area contributed by atoms with Gasteiger partial charge in [-0.1, -0.05) is 0 Å². The van der Waals surface area contributed by atoms with Gasteiger partial charge >= 0.3 is 64.8 Å². The molecular weight excluding hydrogens is 193 g/mol. The van der Waals surface area contributed by atoms with Gasteiger partial charge in [0, 0.05) is 7.60 Å². The zero-order valence-electron chi connectivity index (χ0n) is 6.70. The van der Waals surface area contributed by atoms with Crippen LogP contribution < -0.4 is 68.9 Å². The Morgan fingerprint density at radius 1 is 1.45 bits per heavy atom. The van der Waals surface area contributed by atoms with Gasteiger partial charge in [0.1, 0.15) is 0 Å². The van der Waals surface area contributed by atoms with E-state index in [9.17, 15) is 19.1 Å². The molecule has 0 radical (unpaired) electrons. The molecule has 0 bridgehead atoms. The van der Waals surface area contributed by atoms with Crippen LogP contribution in [0, 0.1) is 0 Å². The Morgan fingerprint density at radius 2 is 1.82 bits per heavy atom. The smallest absolute Gasteiger partial charge is 0.803 e. The van der Waals surface area contributed by atoms with Crippen LogP contribution in [0.5, 0.6) is 0 Å². The Kier molecular flexibility index (Phi) is 13.8. The van der Waals surface area contributed by atoms with Gasteiger partial charge in [-0.25, -0.2) is 4.79 Å². The van der Waals surface area contributed by atoms with E-state index in [1.54, 1.807) is 0 Å². The third kappa shape index (κ3) is 9.53. The molecule has 54 valence electrons. The number of hydrogen-bond donors (Lipinski definition) is 0. The number of rotatable bonds is 2. The normalized spacial score (nSPS) is 9.00. The molecule has 0 atom stereocenters. The second-order valence-corrected chi connectivity index (χ2v) is 2.56. The predicted molar refractivity (Wildman–Crippen MR) is 24.6 cm³/mol. The van der Waals surface area contributed by atoms with Crippen molar-refractivity contribution in [3.05, 3.63) is 0 Å². The molecule has 0 aliphatic rings. The van der Waals surface area contributed by atoms with Gasteiger partial charge in [-0.05, 0) is 6.92 Å². The van der Waals surface area contributed by atoms with Gasteiger partial charge in [-0.2, -0.15) is 0 Å². The van der Waals surface area contributed by atoms with E-state index in [1.807, 2.05) is 0 Å². The maximum atomic E-state index is 9.95. The van der Waals surface area contributed by atoms with Crippen LogP contribution in [-0.4, -0.2) is 12.3 Å². The van der Waals surface area contributed by atoms with Gasteiger partial charge in [-0.3, -0.25) is 0 Å². The monoisotopic (exact) mass is 198 g/mol. The summed E-state index contributed by atoms with van der Waals surface area (Å²) in [4.78, 5) is 29.4. The number of ether oxygens (including phenoxy) is 1. The quantitative estimate of drug-likeness (QED) is 0.325. The first-order valence-corrected chi connectivity index (χ1v) is 3.72. The second-order valence-electron chi connectivity index (χ2n) is 1.20. The summed E-state index contributed by atoms with van der Waals surface area (Å²) in [6.07, 6.45) is 0. The average molecular weight is 198 g/mol. The molecule has 8 heteroatoms. The molecule has 0 aliphatic carbocycles. The summed E-state index contributed by atoms with van der Waals surface area (Å²) in [5.41, 5.74) is -1.69. The molecule has 0 spiro atoms. The van der Waals surface area contributed by atoms with Gasteiger partial charge in [0.25, 0.3) is 0 Å². The molecular formula is C3H5Na2O5P. The van der Waals surface area contributed by atoms with Crippen molar-refractivity contribution in [1.82, 2.24) is 0 Å². The summed E-state index contributed by atoms with van der Waals surface area (Å²) in [5, 5.41) is 0. The third-order valence-corrected chi connectivity index (χ3v) is 1.07. The van der Waals surface area contributed by atoms with Crippen molar-refractivity contribution < 1.29 is 83.0 Å². The Morgan fingerprint density at radius 3 is 1.91 bits per heavy atom. The topological polar surface area (TPSA) is 89.5 Å². The predicted octanol–water partition coefficient (Wildman–Crippen LogP) is -6.94. The fraction of sp³-hybridized carbons (Fsp3) is 0.667. The summed E-state index contributed by atoms with van der Waals surface area (Å²) in [6, 6.07) is 0. The number of carbonyl (C=O) groups excluding carboxylic acids is 1. The van der Waals surface area contributed by atoms with E-state index in [-0.39, 0.29) is 65.7 Å². The standard InChI is InChI=1S/C3H7O5P.2Na/c1-2-8-3(4)9(5,6)7;;/h2H2,1H3,(H2,5,6,7);;/q;2*+1/p-2. The molecule has 0 aromatic heterocycles. The Labute approximate surface area is 109 Å². The van der Waals surface area contributed by atoms with Gasteiger partial charge in [0.2, 0.25) is 0 Å². The van der Waals surface area contributed by atoms with Crippen molar-refractivity contribution in [2.45, 2.75) is 6.92 Å². The van der Waals surface area contributed by atoms with Gasteiger partial charge in [0.05, 0.1) is 6.61 Å². The molecule has 0 amide bonds. The van der Waals surface area contributed by atoms with E-state index < -0.39 is 13.3 Å². The third-order valence-electron chi connectivity index (χ3n) is 0.491. The summed E-state index contributed by atoms with van der Waals surface area (Å²) in [7, 11) is -5.13. The Bertz CT molecular complexity index is 154. The summed E-state index contributed by atoms with van der Waals surface area (Å²) in [5.74, 6) is 0. The van der Waals surface area contributed by atoms with Gasteiger partial charge in [0.15, 0.2) is 0 Å². The molecule has 0 fully saturated rings. The minimum atomic E-state index is -5.13. The molecule has 0 heterocycles. The zero-order chi connectivity index (χ0) is 7.49.